The van der Waals surface area contributed by atoms with Gasteiger partial charge in [-0.1, -0.05) is 23.7 Å². The van der Waals surface area contributed by atoms with E-state index in [1.165, 1.54) is 16.4 Å². The van der Waals surface area contributed by atoms with Gasteiger partial charge in [-0.3, -0.25) is 4.90 Å². The van der Waals surface area contributed by atoms with Gasteiger partial charge in [0.15, 0.2) is 0 Å². The lowest BCUT2D eigenvalue weighted by Gasteiger charge is -2.24. The van der Waals surface area contributed by atoms with E-state index < -0.39 is 21.9 Å². The van der Waals surface area contributed by atoms with E-state index >= 15 is 0 Å². The van der Waals surface area contributed by atoms with Crippen LogP contribution in [0.3, 0.4) is 0 Å². The van der Waals surface area contributed by atoms with Crippen LogP contribution in [-0.4, -0.2) is 68.2 Å². The van der Waals surface area contributed by atoms with Crippen molar-refractivity contribution in [3.05, 3.63) is 64.9 Å². The lowest BCUT2D eigenvalue weighted by Crippen LogP contribution is -2.39. The predicted octanol–water partition coefficient (Wildman–Crippen LogP) is 3.31. The number of benzene rings is 2. The molecule has 1 saturated heterocycles. The molecule has 0 aliphatic carbocycles. The van der Waals surface area contributed by atoms with E-state index in [9.17, 15) is 17.9 Å². The van der Waals surface area contributed by atoms with Crippen molar-refractivity contribution in [3.63, 3.8) is 0 Å². The van der Waals surface area contributed by atoms with E-state index in [1.54, 1.807) is 12.1 Å². The molecular formula is C22H28ClFN2O4S. The highest BCUT2D eigenvalue weighted by Crippen LogP contribution is 2.20. The van der Waals surface area contributed by atoms with Crippen LogP contribution < -0.4 is 0 Å². The van der Waals surface area contributed by atoms with Gasteiger partial charge in [-0.05, 0) is 61.9 Å². The van der Waals surface area contributed by atoms with Crippen LogP contribution in [0.25, 0.3) is 0 Å². The summed E-state index contributed by atoms with van der Waals surface area (Å²) in [4.78, 5) is 2.13. The van der Waals surface area contributed by atoms with Gasteiger partial charge in [-0.2, -0.15) is 4.31 Å². The first kappa shape index (κ1) is 24.1. The molecule has 2 aromatic carbocycles. The maximum absolute atomic E-state index is 13.1. The second-order valence-electron chi connectivity index (χ2n) is 7.69. The second-order valence-corrected chi connectivity index (χ2v) is 10.1. The van der Waals surface area contributed by atoms with Crippen LogP contribution in [-0.2, 0) is 14.8 Å². The highest BCUT2D eigenvalue weighted by molar-refractivity contribution is 7.89. The first-order valence-corrected chi connectivity index (χ1v) is 12.1. The van der Waals surface area contributed by atoms with Crippen LogP contribution in [0, 0.1) is 5.82 Å². The zero-order valence-corrected chi connectivity index (χ0v) is 19.0. The van der Waals surface area contributed by atoms with Crippen molar-refractivity contribution in [3.8, 4) is 0 Å². The minimum atomic E-state index is -3.67. The van der Waals surface area contributed by atoms with Gasteiger partial charge in [0, 0.05) is 31.2 Å². The molecule has 3 rings (SSSR count). The van der Waals surface area contributed by atoms with Crippen LogP contribution in [0.15, 0.2) is 53.4 Å². The average Bonchev–Trinajstić information content (AvgIpc) is 2.99. The van der Waals surface area contributed by atoms with Gasteiger partial charge in [-0.25, -0.2) is 12.8 Å². The molecule has 0 saturated carbocycles. The fraction of sp³-hybridized carbons (Fsp3) is 0.455. The number of halogens is 2. The van der Waals surface area contributed by atoms with Crippen molar-refractivity contribution >= 4 is 21.6 Å². The number of aliphatic hydroxyl groups is 1. The Morgan fingerprint density at radius 3 is 2.42 bits per heavy atom. The molecule has 0 aromatic heterocycles. The summed E-state index contributed by atoms with van der Waals surface area (Å²) in [5.74, 6) is -0.470. The average molecular weight is 471 g/mol. The Morgan fingerprint density at radius 2 is 1.74 bits per heavy atom. The molecule has 6 nitrogen and oxygen atoms in total. The van der Waals surface area contributed by atoms with Crippen LogP contribution >= 0.6 is 11.6 Å². The number of hydrogen-bond donors (Lipinski definition) is 1. The van der Waals surface area contributed by atoms with Gasteiger partial charge >= 0.3 is 0 Å². The molecule has 2 aromatic rings. The highest BCUT2D eigenvalue weighted by atomic mass is 35.5. The summed E-state index contributed by atoms with van der Waals surface area (Å²) in [5, 5.41) is 11.1. The zero-order chi connectivity index (χ0) is 22.4. The van der Waals surface area contributed by atoms with Crippen LogP contribution in [0.5, 0.6) is 0 Å². The number of rotatable bonds is 8. The first-order chi connectivity index (χ1) is 14.8. The van der Waals surface area contributed by atoms with Gasteiger partial charge in [0.25, 0.3) is 0 Å². The Labute approximate surface area is 188 Å². The number of β-amino-alcohol motifs (C(OH)–C–C–N with tert-alkyl or cyclic N) is 1. The number of hydrogen-bond acceptors (Lipinski definition) is 5. The second kappa shape index (κ2) is 10.8. The van der Waals surface area contributed by atoms with E-state index in [-0.39, 0.29) is 17.6 Å². The summed E-state index contributed by atoms with van der Waals surface area (Å²) >= 11 is 5.90. The third-order valence-corrected chi connectivity index (χ3v) is 7.51. The molecule has 0 unspecified atom stereocenters. The largest absolute Gasteiger partial charge is 0.389 e. The topological polar surface area (TPSA) is 70.1 Å². The third-order valence-electron chi connectivity index (χ3n) is 5.35. The number of ether oxygens (including phenoxy) is 1. The van der Waals surface area contributed by atoms with Crippen molar-refractivity contribution in [2.24, 2.45) is 0 Å². The Balaban J connectivity index is 1.49. The molecule has 31 heavy (non-hydrogen) atoms. The Morgan fingerprint density at radius 1 is 1.06 bits per heavy atom. The Kier molecular flexibility index (Phi) is 8.43. The molecule has 2 atom stereocenters. The standard InChI is InChI=1S/C22H28ClFN2O4S/c1-17(18-3-5-19(23)6-4-18)30-16-21(27)15-25-11-2-12-26(14-13-25)31(28,29)22-9-7-20(24)8-10-22/h3-10,17,21,27H,2,11-16H2,1H3/t17-,21-/m0/s1. The van der Waals surface area contributed by atoms with Crippen LogP contribution in [0.2, 0.25) is 5.02 Å². The lowest BCUT2D eigenvalue weighted by molar-refractivity contribution is -0.0151. The van der Waals surface area contributed by atoms with Crippen molar-refractivity contribution in [1.29, 1.82) is 0 Å². The van der Waals surface area contributed by atoms with Crippen molar-refractivity contribution in [2.45, 2.75) is 30.4 Å². The molecule has 1 heterocycles. The van der Waals surface area contributed by atoms with Gasteiger partial charge in [0.2, 0.25) is 10.0 Å². The van der Waals surface area contributed by atoms with Gasteiger partial charge in [0.1, 0.15) is 5.82 Å². The monoisotopic (exact) mass is 470 g/mol. The summed E-state index contributed by atoms with van der Waals surface area (Å²) in [7, 11) is -3.67. The maximum Gasteiger partial charge on any atom is 0.243 e. The van der Waals surface area contributed by atoms with E-state index in [4.69, 9.17) is 16.3 Å². The van der Waals surface area contributed by atoms with E-state index in [1.807, 2.05) is 24.0 Å². The molecular weight excluding hydrogens is 443 g/mol. The van der Waals surface area contributed by atoms with E-state index in [0.29, 0.717) is 44.2 Å². The maximum atomic E-state index is 13.1. The molecule has 0 radical (unpaired) electrons. The minimum absolute atomic E-state index is 0.0898. The molecule has 9 heteroatoms. The SMILES string of the molecule is C[C@H](OC[C@@H](O)CN1CCCN(S(=O)(=O)c2ccc(F)cc2)CC1)c1ccc(Cl)cc1. The third kappa shape index (κ3) is 6.71. The fourth-order valence-electron chi connectivity index (χ4n) is 3.56. The van der Waals surface area contributed by atoms with E-state index in [2.05, 4.69) is 0 Å². The summed E-state index contributed by atoms with van der Waals surface area (Å²) in [6.45, 7) is 4.38. The van der Waals surface area contributed by atoms with Crippen molar-refractivity contribution in [2.75, 3.05) is 39.3 Å². The summed E-state index contributed by atoms with van der Waals surface area (Å²) < 4.78 is 46.0. The van der Waals surface area contributed by atoms with E-state index in [0.717, 1.165) is 17.7 Å². The molecule has 0 bridgehead atoms. The molecule has 0 amide bonds. The smallest absolute Gasteiger partial charge is 0.243 e. The number of sulfonamides is 1. The number of aliphatic hydroxyl groups excluding tert-OH is 1. The summed E-state index contributed by atoms with van der Waals surface area (Å²) in [6.07, 6.45) is -0.211. The normalized spacial score (nSPS) is 18.5. The predicted molar refractivity (Wildman–Crippen MR) is 118 cm³/mol. The minimum Gasteiger partial charge on any atom is -0.389 e. The Bertz CT molecular complexity index is 941. The highest BCUT2D eigenvalue weighted by Gasteiger charge is 2.27. The van der Waals surface area contributed by atoms with Crippen molar-refractivity contribution < 1.29 is 22.7 Å². The molecule has 1 aliphatic heterocycles. The quantitative estimate of drug-likeness (QED) is 0.641. The molecule has 1 fully saturated rings. The first-order valence-electron chi connectivity index (χ1n) is 10.3. The molecule has 1 aliphatic rings. The molecule has 170 valence electrons. The van der Waals surface area contributed by atoms with Gasteiger partial charge in [0.05, 0.1) is 23.7 Å². The van der Waals surface area contributed by atoms with Crippen LogP contribution in [0.1, 0.15) is 25.0 Å². The fourth-order valence-corrected chi connectivity index (χ4v) is 5.16. The zero-order valence-electron chi connectivity index (χ0n) is 17.5. The summed E-state index contributed by atoms with van der Waals surface area (Å²) in [6, 6.07) is 12.3. The Hall–Kier alpha value is -1.55. The van der Waals surface area contributed by atoms with Crippen LogP contribution in [0.4, 0.5) is 4.39 Å². The summed E-state index contributed by atoms with van der Waals surface area (Å²) in [5.41, 5.74) is 0.980. The number of nitrogens with zero attached hydrogens (tertiary/aromatic N) is 2. The van der Waals surface area contributed by atoms with Gasteiger partial charge < -0.3 is 9.84 Å². The molecule has 0 spiro atoms. The molecule has 1 N–H and O–H groups in total. The van der Waals surface area contributed by atoms with Crippen molar-refractivity contribution in [1.82, 2.24) is 9.21 Å². The lowest BCUT2D eigenvalue weighted by atomic mass is 10.1. The van der Waals surface area contributed by atoms with Gasteiger partial charge in [-0.15, -0.1) is 0 Å².